The molecule has 2 fully saturated rings. The van der Waals surface area contributed by atoms with Crippen LogP contribution in [0.5, 0.6) is 0 Å². The number of aromatic nitrogens is 2. The number of hydrogen-bond acceptors (Lipinski definition) is 6. The lowest BCUT2D eigenvalue weighted by atomic mass is 9.82. The molecule has 2 unspecified atom stereocenters. The Hall–Kier alpha value is -1.40. The average Bonchev–Trinajstić information content (AvgIpc) is 2.40. The fraction of sp³-hybridized carbons (Fsp3) is 0.692. The van der Waals surface area contributed by atoms with E-state index in [0.717, 1.165) is 17.9 Å². The van der Waals surface area contributed by atoms with E-state index in [1.165, 1.54) is 32.1 Å². The van der Waals surface area contributed by atoms with Crippen molar-refractivity contribution in [2.75, 3.05) is 17.8 Å². The molecule has 0 amide bonds. The molecule has 2 saturated heterocycles. The molecule has 2 atom stereocenters. The Kier molecular flexibility index (Phi) is 3.52. The molecule has 3 heterocycles. The fourth-order valence-corrected chi connectivity index (χ4v) is 3.45. The van der Waals surface area contributed by atoms with Gasteiger partial charge in [0.05, 0.1) is 0 Å². The number of fused-ring (bicyclic) bond motifs is 2. The minimum atomic E-state index is 0.457. The van der Waals surface area contributed by atoms with Gasteiger partial charge in [-0.25, -0.2) is 10.8 Å². The van der Waals surface area contributed by atoms with Crippen molar-refractivity contribution in [1.82, 2.24) is 14.9 Å². The van der Waals surface area contributed by atoms with Crippen LogP contribution in [0, 0.1) is 0 Å². The second-order valence-corrected chi connectivity index (χ2v) is 5.63. The number of hydrazine groups is 1. The van der Waals surface area contributed by atoms with Crippen LogP contribution in [0.2, 0.25) is 0 Å². The average molecular weight is 262 g/mol. The highest BCUT2D eigenvalue weighted by atomic mass is 15.3. The molecule has 3 rings (SSSR count). The van der Waals surface area contributed by atoms with Gasteiger partial charge in [0.2, 0.25) is 5.95 Å². The van der Waals surface area contributed by atoms with Crippen molar-refractivity contribution in [2.24, 2.45) is 5.84 Å². The molecule has 2 aliphatic heterocycles. The van der Waals surface area contributed by atoms with Gasteiger partial charge in [0.25, 0.3) is 0 Å². The van der Waals surface area contributed by atoms with E-state index in [2.05, 4.69) is 32.7 Å². The van der Waals surface area contributed by atoms with Crippen molar-refractivity contribution >= 4 is 11.8 Å². The predicted octanol–water partition coefficient (Wildman–Crippen LogP) is 1.19. The highest BCUT2D eigenvalue weighted by Gasteiger charge is 2.35. The molecule has 2 aliphatic rings. The monoisotopic (exact) mass is 262 g/mol. The minimum Gasteiger partial charge on any atom is -0.367 e. The highest BCUT2D eigenvalue weighted by Crippen LogP contribution is 2.33. The summed E-state index contributed by atoms with van der Waals surface area (Å²) in [5.74, 6) is 6.65. The Bertz CT molecular complexity index is 423. The highest BCUT2D eigenvalue weighted by molar-refractivity contribution is 5.40. The molecule has 4 N–H and O–H groups in total. The number of piperidine rings is 2. The maximum absolute atomic E-state index is 5.34. The number of anilines is 2. The molecule has 6 nitrogen and oxygen atoms in total. The van der Waals surface area contributed by atoms with Crippen molar-refractivity contribution < 1.29 is 0 Å². The number of nitrogen functional groups attached to an aromatic ring is 1. The standard InChI is InChI=1S/C13H22N6/c1-19-10-3-2-4-11(19)8-9(7-10)16-12-5-6-15-13(17-12)18-14/h5-6,9-11H,2-4,7-8,14H2,1H3,(H2,15,16,17,18). The summed E-state index contributed by atoms with van der Waals surface area (Å²) in [5.41, 5.74) is 2.48. The summed E-state index contributed by atoms with van der Waals surface area (Å²) in [6.45, 7) is 0. The molecule has 0 radical (unpaired) electrons. The Morgan fingerprint density at radius 3 is 2.74 bits per heavy atom. The molecule has 0 aliphatic carbocycles. The smallest absolute Gasteiger partial charge is 0.239 e. The van der Waals surface area contributed by atoms with Crippen LogP contribution < -0.4 is 16.6 Å². The molecule has 0 aromatic carbocycles. The Morgan fingerprint density at radius 1 is 1.32 bits per heavy atom. The number of hydrogen-bond donors (Lipinski definition) is 3. The number of nitrogens with zero attached hydrogens (tertiary/aromatic N) is 3. The minimum absolute atomic E-state index is 0.457. The van der Waals surface area contributed by atoms with Crippen LogP contribution in [0.3, 0.4) is 0 Å². The quantitative estimate of drug-likeness (QED) is 0.561. The second-order valence-electron chi connectivity index (χ2n) is 5.63. The van der Waals surface area contributed by atoms with Gasteiger partial charge in [0, 0.05) is 24.3 Å². The topological polar surface area (TPSA) is 79.1 Å². The van der Waals surface area contributed by atoms with Crippen LogP contribution in [0.1, 0.15) is 32.1 Å². The molecule has 2 bridgehead atoms. The first kappa shape index (κ1) is 12.6. The van der Waals surface area contributed by atoms with Gasteiger partial charge in [0.15, 0.2) is 0 Å². The van der Waals surface area contributed by atoms with E-state index in [1.807, 2.05) is 6.07 Å². The van der Waals surface area contributed by atoms with E-state index in [4.69, 9.17) is 5.84 Å². The largest absolute Gasteiger partial charge is 0.367 e. The number of nitrogens with one attached hydrogen (secondary N) is 2. The summed E-state index contributed by atoms with van der Waals surface area (Å²) in [7, 11) is 2.27. The first-order valence-electron chi connectivity index (χ1n) is 7.04. The van der Waals surface area contributed by atoms with Crippen molar-refractivity contribution in [3.05, 3.63) is 12.3 Å². The second kappa shape index (κ2) is 5.30. The van der Waals surface area contributed by atoms with E-state index in [1.54, 1.807) is 6.20 Å². The summed E-state index contributed by atoms with van der Waals surface area (Å²) < 4.78 is 0. The van der Waals surface area contributed by atoms with E-state index < -0.39 is 0 Å². The normalized spacial score (nSPS) is 30.9. The van der Waals surface area contributed by atoms with Gasteiger partial charge in [-0.3, -0.25) is 5.43 Å². The lowest BCUT2D eigenvalue weighted by molar-refractivity contribution is 0.0608. The Labute approximate surface area is 113 Å². The lowest BCUT2D eigenvalue weighted by Crippen LogP contribution is -2.52. The van der Waals surface area contributed by atoms with Gasteiger partial charge in [-0.1, -0.05) is 6.42 Å². The summed E-state index contributed by atoms with van der Waals surface area (Å²) in [4.78, 5) is 10.9. The summed E-state index contributed by atoms with van der Waals surface area (Å²) in [6.07, 6.45) is 8.14. The van der Waals surface area contributed by atoms with Crippen molar-refractivity contribution in [3.8, 4) is 0 Å². The van der Waals surface area contributed by atoms with Crippen LogP contribution in [0.15, 0.2) is 12.3 Å². The van der Waals surface area contributed by atoms with E-state index in [0.29, 0.717) is 12.0 Å². The molecule has 104 valence electrons. The number of nitrogens with two attached hydrogens (primary N) is 1. The Balaban J connectivity index is 1.67. The predicted molar refractivity (Wildman–Crippen MR) is 75.7 cm³/mol. The molecule has 1 aromatic heterocycles. The third-order valence-electron chi connectivity index (χ3n) is 4.48. The van der Waals surface area contributed by atoms with Crippen molar-refractivity contribution in [3.63, 3.8) is 0 Å². The zero-order chi connectivity index (χ0) is 13.2. The first-order chi connectivity index (χ1) is 9.26. The van der Waals surface area contributed by atoms with E-state index in [9.17, 15) is 0 Å². The van der Waals surface area contributed by atoms with Crippen molar-refractivity contribution in [1.29, 1.82) is 0 Å². The fourth-order valence-electron chi connectivity index (χ4n) is 3.45. The van der Waals surface area contributed by atoms with Gasteiger partial charge in [-0.2, -0.15) is 4.98 Å². The van der Waals surface area contributed by atoms with Crippen LogP contribution in [-0.4, -0.2) is 40.0 Å². The molecular weight excluding hydrogens is 240 g/mol. The number of rotatable bonds is 3. The zero-order valence-electron chi connectivity index (χ0n) is 11.3. The SMILES string of the molecule is CN1C2CCCC1CC(Nc1ccnc(NN)n1)C2. The molecular formula is C13H22N6. The molecule has 0 saturated carbocycles. The lowest BCUT2D eigenvalue weighted by Gasteiger charge is -2.47. The van der Waals surface area contributed by atoms with Crippen LogP contribution in [0.25, 0.3) is 0 Å². The third-order valence-corrected chi connectivity index (χ3v) is 4.48. The van der Waals surface area contributed by atoms with E-state index in [-0.39, 0.29) is 0 Å². The molecule has 1 aromatic rings. The maximum atomic E-state index is 5.34. The van der Waals surface area contributed by atoms with Crippen molar-refractivity contribution in [2.45, 2.75) is 50.2 Å². The van der Waals surface area contributed by atoms with Gasteiger partial charge < -0.3 is 10.2 Å². The summed E-state index contributed by atoms with van der Waals surface area (Å²) in [6, 6.07) is 3.85. The third kappa shape index (κ3) is 2.64. The molecule has 6 heteroatoms. The van der Waals surface area contributed by atoms with Crippen LogP contribution in [0.4, 0.5) is 11.8 Å². The van der Waals surface area contributed by atoms with E-state index >= 15 is 0 Å². The zero-order valence-corrected chi connectivity index (χ0v) is 11.3. The van der Waals surface area contributed by atoms with Gasteiger partial charge >= 0.3 is 0 Å². The summed E-state index contributed by atoms with van der Waals surface area (Å²) >= 11 is 0. The van der Waals surface area contributed by atoms with Gasteiger partial charge in [0.1, 0.15) is 5.82 Å². The van der Waals surface area contributed by atoms with Crippen LogP contribution >= 0.6 is 0 Å². The maximum Gasteiger partial charge on any atom is 0.239 e. The molecule has 19 heavy (non-hydrogen) atoms. The summed E-state index contributed by atoms with van der Waals surface area (Å²) in [5, 5.41) is 3.53. The van der Waals surface area contributed by atoms with Crippen LogP contribution in [-0.2, 0) is 0 Å². The first-order valence-corrected chi connectivity index (χ1v) is 7.04. The van der Waals surface area contributed by atoms with Gasteiger partial charge in [-0.05, 0) is 38.8 Å². The Morgan fingerprint density at radius 2 is 2.05 bits per heavy atom. The molecule has 0 spiro atoms. The van der Waals surface area contributed by atoms with Gasteiger partial charge in [-0.15, -0.1) is 0 Å².